The number of para-hydroxylation sites is 1. The summed E-state index contributed by atoms with van der Waals surface area (Å²) in [6.45, 7) is 1.10. The Morgan fingerprint density at radius 1 is 0.955 bits per heavy atom. The molecule has 0 spiro atoms. The first-order valence-corrected chi connectivity index (χ1v) is 7.57. The normalized spacial score (nSPS) is 12.1. The van der Waals surface area contributed by atoms with E-state index < -0.39 is 0 Å². The van der Waals surface area contributed by atoms with Crippen molar-refractivity contribution in [2.75, 3.05) is 18.3 Å². The van der Waals surface area contributed by atoms with Crippen molar-refractivity contribution < 1.29 is 15.1 Å². The number of ether oxygens (including phenoxy) is 1. The van der Waals surface area contributed by atoms with Crippen molar-refractivity contribution in [2.24, 2.45) is 0 Å². The first-order chi connectivity index (χ1) is 10.8. The SMILES string of the molecule is OC[C@H](CCCOCc1ccccc1)N(O)c1ccccc1. The molecule has 4 nitrogen and oxygen atoms in total. The average Bonchev–Trinajstić information content (AvgIpc) is 2.59. The van der Waals surface area contributed by atoms with Crippen LogP contribution in [-0.4, -0.2) is 29.6 Å². The molecule has 0 amide bonds. The number of nitrogens with zero attached hydrogens (tertiary/aromatic N) is 1. The Kier molecular flexibility index (Phi) is 6.90. The van der Waals surface area contributed by atoms with E-state index in [9.17, 15) is 10.3 Å². The molecule has 2 rings (SSSR count). The van der Waals surface area contributed by atoms with Gasteiger partial charge in [0.1, 0.15) is 0 Å². The number of benzene rings is 2. The van der Waals surface area contributed by atoms with Crippen molar-refractivity contribution in [1.82, 2.24) is 0 Å². The Hall–Kier alpha value is -1.88. The number of hydroxylamine groups is 1. The summed E-state index contributed by atoms with van der Waals surface area (Å²) < 4.78 is 5.62. The van der Waals surface area contributed by atoms with Gasteiger partial charge in [0.15, 0.2) is 0 Å². The van der Waals surface area contributed by atoms with Gasteiger partial charge in [0.25, 0.3) is 0 Å². The maximum atomic E-state index is 10.1. The van der Waals surface area contributed by atoms with Crippen LogP contribution in [0.1, 0.15) is 18.4 Å². The first-order valence-electron chi connectivity index (χ1n) is 7.57. The van der Waals surface area contributed by atoms with Crippen molar-refractivity contribution in [1.29, 1.82) is 0 Å². The van der Waals surface area contributed by atoms with Gasteiger partial charge in [0.2, 0.25) is 0 Å². The van der Waals surface area contributed by atoms with Crippen LogP contribution in [0.25, 0.3) is 0 Å². The molecule has 2 aromatic rings. The Balaban J connectivity index is 1.70. The van der Waals surface area contributed by atoms with Crippen LogP contribution < -0.4 is 5.06 Å². The summed E-state index contributed by atoms with van der Waals surface area (Å²) in [6.07, 6.45) is 1.44. The van der Waals surface area contributed by atoms with Gasteiger partial charge < -0.3 is 9.84 Å². The Morgan fingerprint density at radius 3 is 2.23 bits per heavy atom. The zero-order valence-electron chi connectivity index (χ0n) is 12.6. The van der Waals surface area contributed by atoms with Gasteiger partial charge in [-0.25, -0.2) is 0 Å². The maximum Gasteiger partial charge on any atom is 0.0794 e. The topological polar surface area (TPSA) is 52.9 Å². The lowest BCUT2D eigenvalue weighted by Crippen LogP contribution is -2.35. The highest BCUT2D eigenvalue weighted by atomic mass is 16.5. The van der Waals surface area contributed by atoms with E-state index in [1.165, 1.54) is 0 Å². The van der Waals surface area contributed by atoms with Crippen LogP contribution >= 0.6 is 0 Å². The molecule has 4 heteroatoms. The van der Waals surface area contributed by atoms with E-state index >= 15 is 0 Å². The van der Waals surface area contributed by atoms with Gasteiger partial charge >= 0.3 is 0 Å². The van der Waals surface area contributed by atoms with E-state index in [1.54, 1.807) is 0 Å². The van der Waals surface area contributed by atoms with Gasteiger partial charge in [-0.15, -0.1) is 0 Å². The monoisotopic (exact) mass is 301 g/mol. The number of aliphatic hydroxyl groups excluding tert-OH is 1. The summed E-state index contributed by atoms with van der Waals surface area (Å²) in [5.41, 5.74) is 1.83. The summed E-state index contributed by atoms with van der Waals surface area (Å²) in [5, 5.41) is 20.7. The van der Waals surface area contributed by atoms with Gasteiger partial charge in [0, 0.05) is 6.61 Å². The van der Waals surface area contributed by atoms with E-state index in [4.69, 9.17) is 4.74 Å². The molecule has 0 bridgehead atoms. The third-order valence-corrected chi connectivity index (χ3v) is 3.51. The highest BCUT2D eigenvalue weighted by Gasteiger charge is 2.15. The predicted octanol–water partition coefficient (Wildman–Crippen LogP) is 3.24. The molecule has 118 valence electrons. The van der Waals surface area contributed by atoms with Gasteiger partial charge in [-0.1, -0.05) is 48.5 Å². The lowest BCUT2D eigenvalue weighted by Gasteiger charge is -2.26. The number of anilines is 1. The average molecular weight is 301 g/mol. The molecule has 2 N–H and O–H groups in total. The van der Waals surface area contributed by atoms with Crippen LogP contribution in [0.15, 0.2) is 60.7 Å². The third kappa shape index (κ3) is 5.15. The van der Waals surface area contributed by atoms with E-state index in [1.807, 2.05) is 60.7 Å². The van der Waals surface area contributed by atoms with Crippen LogP contribution in [-0.2, 0) is 11.3 Å². The lowest BCUT2D eigenvalue weighted by molar-refractivity contribution is 0.104. The van der Waals surface area contributed by atoms with Crippen LogP contribution in [0.3, 0.4) is 0 Å². The van der Waals surface area contributed by atoms with E-state index in [0.717, 1.165) is 17.0 Å². The lowest BCUT2D eigenvalue weighted by atomic mass is 10.1. The second-order valence-corrected chi connectivity index (χ2v) is 5.20. The van der Waals surface area contributed by atoms with Crippen molar-refractivity contribution in [2.45, 2.75) is 25.5 Å². The molecule has 0 aromatic heterocycles. The molecular weight excluding hydrogens is 278 g/mol. The predicted molar refractivity (Wildman–Crippen MR) is 86.9 cm³/mol. The molecule has 2 aromatic carbocycles. The number of aliphatic hydroxyl groups is 1. The van der Waals surface area contributed by atoms with Crippen molar-refractivity contribution in [3.05, 3.63) is 66.2 Å². The molecular formula is C18H23NO3. The molecule has 0 aliphatic carbocycles. The Labute approximate surface area is 131 Å². The van der Waals surface area contributed by atoms with Crippen molar-refractivity contribution in [3.8, 4) is 0 Å². The Morgan fingerprint density at radius 2 is 1.59 bits per heavy atom. The minimum atomic E-state index is -0.317. The summed E-state index contributed by atoms with van der Waals surface area (Å²) in [6, 6.07) is 18.9. The van der Waals surface area contributed by atoms with E-state index in [0.29, 0.717) is 25.3 Å². The number of rotatable bonds is 9. The molecule has 0 unspecified atom stereocenters. The molecule has 0 fully saturated rings. The van der Waals surface area contributed by atoms with Gasteiger partial charge in [-0.2, -0.15) is 0 Å². The fraction of sp³-hybridized carbons (Fsp3) is 0.333. The number of hydrogen-bond donors (Lipinski definition) is 2. The van der Waals surface area contributed by atoms with Crippen molar-refractivity contribution in [3.63, 3.8) is 0 Å². The van der Waals surface area contributed by atoms with E-state index in [2.05, 4.69) is 0 Å². The third-order valence-electron chi connectivity index (χ3n) is 3.51. The van der Waals surface area contributed by atoms with Crippen LogP contribution in [0.5, 0.6) is 0 Å². The Bertz CT molecular complexity index is 518. The minimum absolute atomic E-state index is 0.0932. The summed E-state index contributed by atoms with van der Waals surface area (Å²) >= 11 is 0. The highest BCUT2D eigenvalue weighted by Crippen LogP contribution is 2.16. The highest BCUT2D eigenvalue weighted by molar-refractivity contribution is 5.43. The molecule has 0 saturated heterocycles. The van der Waals surface area contributed by atoms with Gasteiger partial charge in [0.05, 0.1) is 24.9 Å². The second-order valence-electron chi connectivity index (χ2n) is 5.20. The molecule has 0 radical (unpaired) electrons. The zero-order chi connectivity index (χ0) is 15.6. The van der Waals surface area contributed by atoms with Crippen molar-refractivity contribution >= 4 is 5.69 Å². The first kappa shape index (κ1) is 16.5. The van der Waals surface area contributed by atoms with Gasteiger partial charge in [-0.3, -0.25) is 10.3 Å². The molecule has 0 saturated carbocycles. The van der Waals surface area contributed by atoms with Gasteiger partial charge in [-0.05, 0) is 30.5 Å². The molecule has 1 atom stereocenters. The standard InChI is InChI=1S/C18H23NO3/c20-14-18(19(21)17-10-5-2-6-11-17)12-7-13-22-15-16-8-3-1-4-9-16/h1-6,8-11,18,20-21H,7,12-15H2/t18-/m0/s1. The second kappa shape index (κ2) is 9.20. The quantitative estimate of drug-likeness (QED) is 0.551. The van der Waals surface area contributed by atoms with Crippen LogP contribution in [0, 0.1) is 0 Å². The fourth-order valence-electron chi connectivity index (χ4n) is 2.27. The summed E-state index contributed by atoms with van der Waals surface area (Å²) in [5.74, 6) is 0. The number of hydrogen-bond acceptors (Lipinski definition) is 4. The summed E-state index contributed by atoms with van der Waals surface area (Å²) in [4.78, 5) is 0. The molecule has 0 heterocycles. The zero-order valence-corrected chi connectivity index (χ0v) is 12.6. The largest absolute Gasteiger partial charge is 0.394 e. The molecule has 22 heavy (non-hydrogen) atoms. The molecule has 0 aliphatic rings. The minimum Gasteiger partial charge on any atom is -0.394 e. The molecule has 0 aliphatic heterocycles. The van der Waals surface area contributed by atoms with E-state index in [-0.39, 0.29) is 12.6 Å². The summed E-state index contributed by atoms with van der Waals surface area (Å²) in [7, 11) is 0. The smallest absolute Gasteiger partial charge is 0.0794 e. The van der Waals surface area contributed by atoms with Crippen LogP contribution in [0.2, 0.25) is 0 Å². The van der Waals surface area contributed by atoms with Crippen LogP contribution in [0.4, 0.5) is 5.69 Å². The fourth-order valence-corrected chi connectivity index (χ4v) is 2.27. The maximum absolute atomic E-state index is 10.1.